The van der Waals surface area contributed by atoms with Gasteiger partial charge < -0.3 is 9.52 Å². The van der Waals surface area contributed by atoms with Gasteiger partial charge in [-0.3, -0.25) is 14.9 Å². The molecule has 0 fully saturated rings. The number of carboxylic acid groups (broad SMARTS) is 1. The number of aryl methyl sites for hydroxylation is 1. The molecule has 1 aromatic heterocycles. The molecule has 2 rings (SSSR count). The van der Waals surface area contributed by atoms with E-state index >= 15 is 0 Å². The summed E-state index contributed by atoms with van der Waals surface area (Å²) in [5.74, 6) is -1.36. The first-order valence-electron chi connectivity index (χ1n) is 5.59. The number of nitrogens with zero attached hydrogens (tertiary/aromatic N) is 1. The van der Waals surface area contributed by atoms with Crippen molar-refractivity contribution < 1.29 is 19.1 Å². The van der Waals surface area contributed by atoms with Crippen LogP contribution in [0.15, 0.2) is 34.9 Å². The lowest BCUT2D eigenvalue weighted by molar-refractivity contribution is -0.136. The number of aromatic nitrogens is 1. The average molecular weight is 260 g/mol. The van der Waals surface area contributed by atoms with Crippen molar-refractivity contribution in [2.75, 3.05) is 5.32 Å². The highest BCUT2D eigenvalue weighted by molar-refractivity contribution is 6.03. The van der Waals surface area contributed by atoms with Gasteiger partial charge in [-0.2, -0.15) is 4.98 Å². The van der Waals surface area contributed by atoms with Crippen molar-refractivity contribution in [3.8, 4) is 0 Å². The SMILES string of the molecule is Cc1cccc(C(=O)Nc2nc(CC(=O)O)co2)c1. The predicted octanol–water partition coefficient (Wildman–Crippen LogP) is 1.86. The number of amides is 1. The van der Waals surface area contributed by atoms with Gasteiger partial charge in [-0.1, -0.05) is 17.7 Å². The number of benzene rings is 1. The highest BCUT2D eigenvalue weighted by Crippen LogP contribution is 2.11. The van der Waals surface area contributed by atoms with Crippen molar-refractivity contribution in [2.45, 2.75) is 13.3 Å². The van der Waals surface area contributed by atoms with Gasteiger partial charge in [0.25, 0.3) is 5.91 Å². The summed E-state index contributed by atoms with van der Waals surface area (Å²) < 4.78 is 4.98. The molecule has 0 saturated carbocycles. The molecule has 0 saturated heterocycles. The second kappa shape index (κ2) is 5.34. The number of aliphatic carboxylic acids is 1. The minimum atomic E-state index is -1.01. The molecule has 1 aromatic carbocycles. The first-order valence-corrected chi connectivity index (χ1v) is 5.59. The van der Waals surface area contributed by atoms with Crippen molar-refractivity contribution in [3.63, 3.8) is 0 Å². The van der Waals surface area contributed by atoms with Crippen LogP contribution in [0, 0.1) is 6.92 Å². The van der Waals surface area contributed by atoms with Gasteiger partial charge in [0, 0.05) is 5.56 Å². The normalized spacial score (nSPS) is 10.2. The van der Waals surface area contributed by atoms with Gasteiger partial charge in [0.15, 0.2) is 0 Å². The van der Waals surface area contributed by atoms with E-state index in [4.69, 9.17) is 9.52 Å². The minimum absolute atomic E-state index is 0.0113. The summed E-state index contributed by atoms with van der Waals surface area (Å²) in [5, 5.41) is 11.1. The molecule has 98 valence electrons. The molecule has 6 nitrogen and oxygen atoms in total. The van der Waals surface area contributed by atoms with E-state index in [9.17, 15) is 9.59 Å². The van der Waals surface area contributed by atoms with E-state index < -0.39 is 5.97 Å². The van der Waals surface area contributed by atoms with E-state index in [0.717, 1.165) is 5.56 Å². The number of oxazole rings is 1. The van der Waals surface area contributed by atoms with Crippen molar-refractivity contribution in [1.29, 1.82) is 0 Å². The third-order valence-corrected chi connectivity index (χ3v) is 2.38. The van der Waals surface area contributed by atoms with Gasteiger partial charge in [0.1, 0.15) is 6.26 Å². The number of carboxylic acids is 1. The molecule has 0 aliphatic carbocycles. The van der Waals surface area contributed by atoms with E-state index in [1.807, 2.05) is 13.0 Å². The topological polar surface area (TPSA) is 92.4 Å². The monoisotopic (exact) mass is 260 g/mol. The maximum Gasteiger partial charge on any atom is 0.309 e. The summed E-state index contributed by atoms with van der Waals surface area (Å²) in [6, 6.07) is 7.05. The third-order valence-electron chi connectivity index (χ3n) is 2.38. The van der Waals surface area contributed by atoms with Crippen molar-refractivity contribution >= 4 is 17.9 Å². The Bertz CT molecular complexity index is 619. The molecule has 6 heteroatoms. The first kappa shape index (κ1) is 12.8. The van der Waals surface area contributed by atoms with E-state index in [1.165, 1.54) is 6.26 Å². The van der Waals surface area contributed by atoms with Gasteiger partial charge in [0.2, 0.25) is 0 Å². The highest BCUT2D eigenvalue weighted by Gasteiger charge is 2.11. The number of hydrogen-bond donors (Lipinski definition) is 2. The molecule has 0 atom stereocenters. The van der Waals surface area contributed by atoms with Crippen LogP contribution in [-0.4, -0.2) is 22.0 Å². The molecule has 0 radical (unpaired) electrons. The van der Waals surface area contributed by atoms with Crippen LogP contribution in [0.2, 0.25) is 0 Å². The summed E-state index contributed by atoms with van der Waals surface area (Å²) >= 11 is 0. The Morgan fingerprint density at radius 2 is 2.21 bits per heavy atom. The Hall–Kier alpha value is -2.63. The second-order valence-electron chi connectivity index (χ2n) is 4.04. The number of carbonyl (C=O) groups excluding carboxylic acids is 1. The summed E-state index contributed by atoms with van der Waals surface area (Å²) in [4.78, 5) is 26.2. The number of rotatable bonds is 4. The Labute approximate surface area is 109 Å². The van der Waals surface area contributed by atoms with Gasteiger partial charge in [-0.15, -0.1) is 0 Å². The minimum Gasteiger partial charge on any atom is -0.481 e. The number of nitrogens with one attached hydrogen (secondary N) is 1. The molecule has 2 N–H and O–H groups in total. The maximum absolute atomic E-state index is 11.9. The van der Waals surface area contributed by atoms with Gasteiger partial charge in [-0.25, -0.2) is 0 Å². The molecule has 0 bridgehead atoms. The van der Waals surface area contributed by atoms with Crippen LogP contribution in [-0.2, 0) is 11.2 Å². The number of carbonyl (C=O) groups is 2. The molecule has 0 aliphatic heterocycles. The van der Waals surface area contributed by atoms with E-state index in [1.54, 1.807) is 18.2 Å². The zero-order valence-electron chi connectivity index (χ0n) is 10.2. The first-order chi connectivity index (χ1) is 9.04. The zero-order chi connectivity index (χ0) is 13.8. The molecule has 0 aliphatic rings. The molecular weight excluding hydrogens is 248 g/mol. The van der Waals surface area contributed by atoms with E-state index in [2.05, 4.69) is 10.3 Å². The lowest BCUT2D eigenvalue weighted by atomic mass is 10.1. The summed E-state index contributed by atoms with van der Waals surface area (Å²) in [6.07, 6.45) is 0.962. The van der Waals surface area contributed by atoms with Gasteiger partial charge >= 0.3 is 12.0 Å². The number of anilines is 1. The van der Waals surface area contributed by atoms with Crippen LogP contribution < -0.4 is 5.32 Å². The summed E-state index contributed by atoms with van der Waals surface area (Å²) in [6.45, 7) is 1.88. The fourth-order valence-electron chi connectivity index (χ4n) is 1.56. The van der Waals surface area contributed by atoms with Crippen LogP contribution in [0.1, 0.15) is 21.6 Å². The highest BCUT2D eigenvalue weighted by atomic mass is 16.4. The van der Waals surface area contributed by atoms with Crippen LogP contribution in [0.5, 0.6) is 0 Å². The molecule has 1 heterocycles. The van der Waals surface area contributed by atoms with Crippen LogP contribution >= 0.6 is 0 Å². The zero-order valence-corrected chi connectivity index (χ0v) is 10.2. The smallest absolute Gasteiger partial charge is 0.309 e. The van der Waals surface area contributed by atoms with Gasteiger partial charge in [0.05, 0.1) is 12.1 Å². The average Bonchev–Trinajstić information content (AvgIpc) is 2.75. The molecule has 19 heavy (non-hydrogen) atoms. The van der Waals surface area contributed by atoms with Crippen molar-refractivity contribution in [3.05, 3.63) is 47.3 Å². The standard InChI is InChI=1S/C13H12N2O4/c1-8-3-2-4-9(5-8)12(18)15-13-14-10(7-19-13)6-11(16)17/h2-5,7H,6H2,1H3,(H,16,17)(H,14,15,18). The molecular formula is C13H12N2O4. The largest absolute Gasteiger partial charge is 0.481 e. The van der Waals surface area contributed by atoms with Crippen LogP contribution in [0.3, 0.4) is 0 Å². The molecule has 1 amide bonds. The maximum atomic E-state index is 11.9. The Balaban J connectivity index is 2.06. The second-order valence-corrected chi connectivity index (χ2v) is 4.04. The fourth-order valence-corrected chi connectivity index (χ4v) is 1.56. The third kappa shape index (κ3) is 3.41. The molecule has 2 aromatic rings. The lowest BCUT2D eigenvalue weighted by Gasteiger charge is -2.01. The Kier molecular flexibility index (Phi) is 3.61. The van der Waals surface area contributed by atoms with Crippen molar-refractivity contribution in [1.82, 2.24) is 4.98 Å². The van der Waals surface area contributed by atoms with Crippen LogP contribution in [0.4, 0.5) is 6.01 Å². The summed E-state index contributed by atoms with van der Waals surface area (Å²) in [5.41, 5.74) is 1.71. The fraction of sp³-hybridized carbons (Fsp3) is 0.154. The van der Waals surface area contributed by atoms with E-state index in [-0.39, 0.29) is 24.0 Å². The van der Waals surface area contributed by atoms with Gasteiger partial charge in [-0.05, 0) is 19.1 Å². The van der Waals surface area contributed by atoms with Crippen molar-refractivity contribution in [2.24, 2.45) is 0 Å². The molecule has 0 unspecified atom stereocenters. The number of hydrogen-bond acceptors (Lipinski definition) is 4. The molecule has 0 spiro atoms. The Morgan fingerprint density at radius 1 is 1.42 bits per heavy atom. The quantitative estimate of drug-likeness (QED) is 0.875. The Morgan fingerprint density at radius 3 is 2.89 bits per heavy atom. The summed E-state index contributed by atoms with van der Waals surface area (Å²) in [7, 11) is 0. The predicted molar refractivity (Wildman–Crippen MR) is 67.0 cm³/mol. The van der Waals surface area contributed by atoms with E-state index in [0.29, 0.717) is 5.56 Å². The lowest BCUT2D eigenvalue weighted by Crippen LogP contribution is -2.12. The van der Waals surface area contributed by atoms with Crippen LogP contribution in [0.25, 0.3) is 0 Å².